The van der Waals surface area contributed by atoms with Crippen LogP contribution in [0.4, 0.5) is 17.1 Å². The number of hydrogen-bond acceptors (Lipinski definition) is 2. The molecule has 0 amide bonds. The Morgan fingerprint density at radius 3 is 1.54 bits per heavy atom. The molecule has 0 aliphatic rings. The molecule has 0 unspecified atom stereocenters. The maximum Gasteiger partial charge on any atom is 0.136 e. The molecule has 0 radical (unpaired) electrons. The summed E-state index contributed by atoms with van der Waals surface area (Å²) in [6.45, 7) is 0. The molecule has 13 aromatic rings. The van der Waals surface area contributed by atoms with Gasteiger partial charge in [-0.3, -0.25) is 0 Å². The molecule has 0 N–H and O–H groups in total. The van der Waals surface area contributed by atoms with Gasteiger partial charge in [-0.15, -0.1) is 0 Å². The average Bonchev–Trinajstić information content (AvgIpc) is 3.92. The molecule has 3 nitrogen and oxygen atoms in total. The van der Waals surface area contributed by atoms with Crippen molar-refractivity contribution in [2.75, 3.05) is 4.90 Å². The van der Waals surface area contributed by atoms with Crippen LogP contribution in [0.5, 0.6) is 0 Å². The van der Waals surface area contributed by atoms with Gasteiger partial charge in [-0.2, -0.15) is 0 Å². The minimum atomic E-state index is 0.893. The van der Waals surface area contributed by atoms with Crippen molar-refractivity contribution in [1.82, 2.24) is 4.57 Å². The minimum absolute atomic E-state index is 0.893. The van der Waals surface area contributed by atoms with E-state index in [1.54, 1.807) is 0 Å². The molecule has 304 valence electrons. The van der Waals surface area contributed by atoms with E-state index < -0.39 is 0 Å². The summed E-state index contributed by atoms with van der Waals surface area (Å²) in [4.78, 5) is 2.38. The molecular weight excluding hydrogens is 789 g/mol. The van der Waals surface area contributed by atoms with Crippen LogP contribution in [-0.4, -0.2) is 4.57 Å². The van der Waals surface area contributed by atoms with Crippen LogP contribution < -0.4 is 4.90 Å². The van der Waals surface area contributed by atoms with Gasteiger partial charge in [-0.25, -0.2) is 0 Å². The van der Waals surface area contributed by atoms with Gasteiger partial charge in [0.2, 0.25) is 0 Å². The second kappa shape index (κ2) is 15.0. The third kappa shape index (κ3) is 6.28. The highest BCUT2D eigenvalue weighted by Crippen LogP contribution is 2.41. The Morgan fingerprint density at radius 2 is 0.785 bits per heavy atom. The number of furan rings is 1. The highest BCUT2D eigenvalue weighted by Gasteiger charge is 2.17. The number of fused-ring (bicyclic) bond motifs is 9. The molecule has 0 fully saturated rings. The van der Waals surface area contributed by atoms with Gasteiger partial charge in [-0.05, 0) is 134 Å². The van der Waals surface area contributed by atoms with Gasteiger partial charge in [-0.1, -0.05) is 164 Å². The van der Waals surface area contributed by atoms with Crippen molar-refractivity contribution < 1.29 is 4.42 Å². The summed E-state index contributed by atoms with van der Waals surface area (Å²) in [7, 11) is 0. The smallest absolute Gasteiger partial charge is 0.136 e. The minimum Gasteiger partial charge on any atom is -0.456 e. The Balaban J connectivity index is 0.861. The zero-order chi connectivity index (χ0) is 42.8. The molecule has 0 saturated heterocycles. The van der Waals surface area contributed by atoms with Crippen LogP contribution in [0.15, 0.2) is 247 Å². The van der Waals surface area contributed by atoms with E-state index in [9.17, 15) is 0 Å². The van der Waals surface area contributed by atoms with Gasteiger partial charge in [0.15, 0.2) is 0 Å². The number of aromatic nitrogens is 1. The molecule has 3 heteroatoms. The molecule has 0 aliphatic carbocycles. The van der Waals surface area contributed by atoms with E-state index in [0.717, 1.165) is 61.4 Å². The number of rotatable bonds is 7. The molecule has 0 aliphatic heterocycles. The molecule has 11 aromatic carbocycles. The predicted octanol–water partition coefficient (Wildman–Crippen LogP) is 17.5. The Kier molecular flexibility index (Phi) is 8.53. The lowest BCUT2D eigenvalue weighted by Crippen LogP contribution is -2.10. The van der Waals surface area contributed by atoms with E-state index in [1.165, 1.54) is 60.0 Å². The Hall–Kier alpha value is -8.66. The van der Waals surface area contributed by atoms with Crippen LogP contribution in [0, 0.1) is 0 Å². The summed E-state index contributed by atoms with van der Waals surface area (Å²) in [5.41, 5.74) is 15.6. The average molecular weight is 829 g/mol. The lowest BCUT2D eigenvalue weighted by molar-refractivity contribution is 0.669. The molecule has 2 heterocycles. The first-order valence-corrected chi connectivity index (χ1v) is 22.2. The van der Waals surface area contributed by atoms with Crippen LogP contribution in [0.1, 0.15) is 0 Å². The maximum atomic E-state index is 6.32. The van der Waals surface area contributed by atoms with E-state index in [1.807, 2.05) is 12.1 Å². The van der Waals surface area contributed by atoms with Crippen molar-refractivity contribution in [3.8, 4) is 39.1 Å². The number of para-hydroxylation sites is 3. The first-order chi connectivity index (χ1) is 32.2. The summed E-state index contributed by atoms with van der Waals surface area (Å²) in [5, 5.41) is 9.73. The van der Waals surface area contributed by atoms with E-state index in [2.05, 4.69) is 240 Å². The number of anilines is 3. The SMILES string of the molecule is c1cc(-c2ccc3c(c2)oc2ccccc23)cc(N(c2ccc(-c3ccc(-c4cccc(-n5c6ccccc6c6ccccc65)c4)cc3)cc2)c2ccc3ccc4ccccc4c3c2)c1. The van der Waals surface area contributed by atoms with Crippen LogP contribution in [0.25, 0.3) is 104 Å². The molecule has 0 atom stereocenters. The summed E-state index contributed by atoms with van der Waals surface area (Å²) in [6, 6.07) is 87.8. The highest BCUT2D eigenvalue weighted by atomic mass is 16.3. The second-order valence-corrected chi connectivity index (χ2v) is 16.9. The first-order valence-electron chi connectivity index (χ1n) is 22.2. The third-order valence-electron chi connectivity index (χ3n) is 13.2. The van der Waals surface area contributed by atoms with Gasteiger partial charge >= 0.3 is 0 Å². The fourth-order valence-electron chi connectivity index (χ4n) is 9.99. The number of nitrogens with zero attached hydrogens (tertiary/aromatic N) is 2. The summed E-state index contributed by atoms with van der Waals surface area (Å²) in [5.74, 6) is 0. The van der Waals surface area contributed by atoms with Crippen molar-refractivity contribution in [3.63, 3.8) is 0 Å². The normalized spacial score (nSPS) is 11.7. The topological polar surface area (TPSA) is 21.3 Å². The van der Waals surface area contributed by atoms with Gasteiger partial charge in [0.25, 0.3) is 0 Å². The van der Waals surface area contributed by atoms with Crippen LogP contribution in [-0.2, 0) is 0 Å². The van der Waals surface area contributed by atoms with Crippen molar-refractivity contribution >= 4 is 82.4 Å². The van der Waals surface area contributed by atoms with E-state index in [-0.39, 0.29) is 0 Å². The summed E-state index contributed by atoms with van der Waals surface area (Å²) >= 11 is 0. The molecule has 65 heavy (non-hydrogen) atoms. The quantitative estimate of drug-likeness (QED) is 0.149. The predicted molar refractivity (Wildman–Crippen MR) is 274 cm³/mol. The van der Waals surface area contributed by atoms with Crippen molar-refractivity contribution in [2.45, 2.75) is 0 Å². The monoisotopic (exact) mass is 828 g/mol. The fourth-order valence-corrected chi connectivity index (χ4v) is 9.99. The lowest BCUT2D eigenvalue weighted by Gasteiger charge is -2.27. The van der Waals surface area contributed by atoms with Gasteiger partial charge in [0.1, 0.15) is 11.2 Å². The lowest BCUT2D eigenvalue weighted by atomic mass is 9.99. The Bertz CT molecular complexity index is 3900. The zero-order valence-electron chi connectivity index (χ0n) is 35.4. The Labute approximate surface area is 376 Å². The largest absolute Gasteiger partial charge is 0.456 e. The van der Waals surface area contributed by atoms with Gasteiger partial charge < -0.3 is 13.9 Å². The highest BCUT2D eigenvalue weighted by molar-refractivity contribution is 6.10. The fraction of sp³-hybridized carbons (Fsp3) is 0. The second-order valence-electron chi connectivity index (χ2n) is 16.9. The van der Waals surface area contributed by atoms with Gasteiger partial charge in [0.05, 0.1) is 11.0 Å². The van der Waals surface area contributed by atoms with E-state index in [4.69, 9.17) is 4.42 Å². The molecular formula is C62H40N2O. The maximum absolute atomic E-state index is 6.32. The molecule has 0 bridgehead atoms. The summed E-state index contributed by atoms with van der Waals surface area (Å²) < 4.78 is 8.70. The number of benzene rings is 11. The van der Waals surface area contributed by atoms with Crippen molar-refractivity contribution in [1.29, 1.82) is 0 Å². The Morgan fingerprint density at radius 1 is 0.277 bits per heavy atom. The van der Waals surface area contributed by atoms with Crippen molar-refractivity contribution in [2.24, 2.45) is 0 Å². The van der Waals surface area contributed by atoms with Crippen LogP contribution in [0.3, 0.4) is 0 Å². The number of hydrogen-bond donors (Lipinski definition) is 0. The molecule has 0 saturated carbocycles. The summed E-state index contributed by atoms with van der Waals surface area (Å²) in [6.07, 6.45) is 0. The third-order valence-corrected chi connectivity index (χ3v) is 13.2. The van der Waals surface area contributed by atoms with E-state index >= 15 is 0 Å². The molecule has 13 rings (SSSR count). The van der Waals surface area contributed by atoms with Gasteiger partial charge in [0, 0.05) is 44.3 Å². The first kappa shape index (κ1) is 36.9. The molecule has 2 aromatic heterocycles. The van der Waals surface area contributed by atoms with Crippen LogP contribution in [0.2, 0.25) is 0 Å². The zero-order valence-corrected chi connectivity index (χ0v) is 35.4. The standard InChI is InChI=1S/C62H40N2O/c1-2-16-53-44(11-1)27-28-45-31-35-52(40-58(45)53)63(50-14-10-13-47(38-50)48-32-36-57-56-19-5-8-22-61(56)65-62(57)39-48)49-33-29-42(30-34-49)41-23-25-43(26-24-41)46-12-9-15-51(37-46)64-59-20-6-3-17-54(59)55-18-4-7-21-60(55)64/h1-40H. The van der Waals surface area contributed by atoms with Crippen molar-refractivity contribution in [3.05, 3.63) is 243 Å². The molecule has 0 spiro atoms. The van der Waals surface area contributed by atoms with E-state index in [0.29, 0.717) is 0 Å². The van der Waals surface area contributed by atoms with Crippen LogP contribution >= 0.6 is 0 Å².